The quantitative estimate of drug-likeness (QED) is 0.714. The zero-order valence-corrected chi connectivity index (χ0v) is 8.93. The molecule has 0 spiro atoms. The van der Waals surface area contributed by atoms with Gasteiger partial charge in [-0.1, -0.05) is 11.6 Å². The molecular formula is C10H13ClN2O2. The Morgan fingerprint density at radius 1 is 1.40 bits per heavy atom. The Morgan fingerprint density at radius 3 is 2.67 bits per heavy atom. The van der Waals surface area contributed by atoms with Gasteiger partial charge in [-0.15, -0.1) is 0 Å². The zero-order chi connectivity index (χ0) is 10.8. The predicted molar refractivity (Wildman–Crippen MR) is 56.5 cm³/mol. The second kappa shape index (κ2) is 4.45. The van der Waals surface area contributed by atoms with Crippen LogP contribution in [0.15, 0.2) is 18.3 Å². The Hall–Kier alpha value is -0.680. The molecule has 15 heavy (non-hydrogen) atoms. The van der Waals surface area contributed by atoms with Crippen LogP contribution in [0.25, 0.3) is 0 Å². The summed E-state index contributed by atoms with van der Waals surface area (Å²) >= 11 is 5.76. The maximum absolute atomic E-state index is 9.37. The highest BCUT2D eigenvalue weighted by atomic mass is 35.5. The third kappa shape index (κ3) is 2.66. The van der Waals surface area contributed by atoms with E-state index in [0.29, 0.717) is 24.8 Å². The minimum absolute atomic E-state index is 0.466. The highest BCUT2D eigenvalue weighted by molar-refractivity contribution is 6.29. The number of rotatable bonds is 2. The summed E-state index contributed by atoms with van der Waals surface area (Å²) in [5.41, 5.74) is 1.04. The van der Waals surface area contributed by atoms with Gasteiger partial charge in [0.25, 0.3) is 0 Å². The van der Waals surface area contributed by atoms with Crippen LogP contribution in [0.1, 0.15) is 5.56 Å². The lowest BCUT2D eigenvalue weighted by Crippen LogP contribution is -2.22. The molecule has 0 aromatic carbocycles. The molecule has 0 saturated carbocycles. The van der Waals surface area contributed by atoms with Crippen molar-refractivity contribution in [2.75, 3.05) is 13.1 Å². The van der Waals surface area contributed by atoms with Crippen LogP contribution in [-0.2, 0) is 6.54 Å². The normalized spacial score (nSPS) is 27.1. The van der Waals surface area contributed by atoms with Crippen molar-refractivity contribution >= 4 is 11.6 Å². The van der Waals surface area contributed by atoms with Gasteiger partial charge in [0.2, 0.25) is 0 Å². The number of aliphatic hydroxyl groups excluding tert-OH is 2. The van der Waals surface area contributed by atoms with Crippen molar-refractivity contribution in [2.45, 2.75) is 18.8 Å². The molecule has 4 nitrogen and oxygen atoms in total. The Balaban J connectivity index is 1.98. The summed E-state index contributed by atoms with van der Waals surface area (Å²) in [5, 5.41) is 19.2. The third-order valence-electron chi connectivity index (χ3n) is 2.53. The average Bonchev–Trinajstić information content (AvgIpc) is 2.45. The Kier molecular flexibility index (Phi) is 3.21. The largest absolute Gasteiger partial charge is 0.389 e. The molecule has 1 aliphatic rings. The van der Waals surface area contributed by atoms with Crippen LogP contribution in [-0.4, -0.2) is 45.4 Å². The van der Waals surface area contributed by atoms with E-state index in [1.165, 1.54) is 0 Å². The first kappa shape index (κ1) is 10.8. The van der Waals surface area contributed by atoms with E-state index in [4.69, 9.17) is 11.6 Å². The number of halogens is 1. The highest BCUT2D eigenvalue weighted by Crippen LogP contribution is 2.15. The van der Waals surface area contributed by atoms with Gasteiger partial charge in [0.1, 0.15) is 5.15 Å². The van der Waals surface area contributed by atoms with Gasteiger partial charge in [-0.05, 0) is 17.7 Å². The van der Waals surface area contributed by atoms with Gasteiger partial charge in [0, 0.05) is 25.8 Å². The number of hydrogen-bond donors (Lipinski definition) is 2. The smallest absolute Gasteiger partial charge is 0.129 e. The molecule has 2 heterocycles. The standard InChI is InChI=1S/C10H13ClN2O2/c11-10-3-7(1-2-12-10)4-13-5-8(14)9(15)6-13/h1-3,8-9,14-15H,4-6H2. The Morgan fingerprint density at radius 2 is 2.07 bits per heavy atom. The van der Waals surface area contributed by atoms with E-state index in [1.807, 2.05) is 11.0 Å². The van der Waals surface area contributed by atoms with Crippen molar-refractivity contribution in [3.05, 3.63) is 29.0 Å². The SMILES string of the molecule is OC1CN(Cc2ccnc(Cl)c2)CC1O. The van der Waals surface area contributed by atoms with E-state index >= 15 is 0 Å². The Bertz CT molecular complexity index is 338. The molecule has 82 valence electrons. The molecule has 1 fully saturated rings. The summed E-state index contributed by atoms with van der Waals surface area (Å²) in [6.45, 7) is 1.68. The van der Waals surface area contributed by atoms with Crippen LogP contribution >= 0.6 is 11.6 Å². The van der Waals surface area contributed by atoms with Crippen LogP contribution in [0, 0.1) is 0 Å². The third-order valence-corrected chi connectivity index (χ3v) is 2.74. The average molecular weight is 229 g/mol. The van der Waals surface area contributed by atoms with Crippen molar-refractivity contribution in [3.8, 4) is 0 Å². The molecular weight excluding hydrogens is 216 g/mol. The van der Waals surface area contributed by atoms with Crippen molar-refractivity contribution < 1.29 is 10.2 Å². The van der Waals surface area contributed by atoms with Crippen LogP contribution in [0.4, 0.5) is 0 Å². The minimum Gasteiger partial charge on any atom is -0.389 e. The lowest BCUT2D eigenvalue weighted by atomic mass is 10.2. The van der Waals surface area contributed by atoms with Crippen LogP contribution in [0.5, 0.6) is 0 Å². The van der Waals surface area contributed by atoms with Gasteiger partial charge in [0.05, 0.1) is 12.2 Å². The number of β-amino-alcohol motifs (C(OH)–C–C–N with tert-alkyl or cyclic N) is 2. The van der Waals surface area contributed by atoms with Crippen molar-refractivity contribution in [1.82, 2.24) is 9.88 Å². The first-order chi connectivity index (χ1) is 7.15. The van der Waals surface area contributed by atoms with E-state index in [2.05, 4.69) is 4.98 Å². The molecule has 2 rings (SSSR count). The van der Waals surface area contributed by atoms with Gasteiger partial charge in [0.15, 0.2) is 0 Å². The minimum atomic E-state index is -0.637. The number of likely N-dealkylation sites (tertiary alicyclic amines) is 1. The zero-order valence-electron chi connectivity index (χ0n) is 8.17. The monoisotopic (exact) mass is 228 g/mol. The fourth-order valence-electron chi connectivity index (χ4n) is 1.78. The van der Waals surface area contributed by atoms with E-state index in [1.54, 1.807) is 12.3 Å². The fourth-order valence-corrected chi connectivity index (χ4v) is 1.97. The van der Waals surface area contributed by atoms with Gasteiger partial charge < -0.3 is 10.2 Å². The maximum atomic E-state index is 9.37. The summed E-state index contributed by atoms with van der Waals surface area (Å²) < 4.78 is 0. The molecule has 2 unspecified atom stereocenters. The number of pyridine rings is 1. The Labute approximate surface area is 93.1 Å². The van der Waals surface area contributed by atoms with E-state index in [0.717, 1.165) is 5.56 Å². The summed E-state index contributed by atoms with van der Waals surface area (Å²) in [5.74, 6) is 0. The van der Waals surface area contributed by atoms with Gasteiger partial charge in [-0.3, -0.25) is 4.90 Å². The number of hydrogen-bond acceptors (Lipinski definition) is 4. The fraction of sp³-hybridized carbons (Fsp3) is 0.500. The summed E-state index contributed by atoms with van der Waals surface area (Å²) in [6.07, 6.45) is 0.380. The van der Waals surface area contributed by atoms with Crippen molar-refractivity contribution in [1.29, 1.82) is 0 Å². The first-order valence-corrected chi connectivity index (χ1v) is 5.22. The topological polar surface area (TPSA) is 56.6 Å². The van der Waals surface area contributed by atoms with E-state index < -0.39 is 12.2 Å². The molecule has 5 heteroatoms. The van der Waals surface area contributed by atoms with Gasteiger partial charge in [-0.25, -0.2) is 4.98 Å². The second-order valence-electron chi connectivity index (χ2n) is 3.82. The van der Waals surface area contributed by atoms with Crippen LogP contribution in [0.2, 0.25) is 5.15 Å². The van der Waals surface area contributed by atoms with Crippen LogP contribution < -0.4 is 0 Å². The first-order valence-electron chi connectivity index (χ1n) is 4.84. The molecule has 0 radical (unpaired) electrons. The second-order valence-corrected chi connectivity index (χ2v) is 4.20. The molecule has 1 saturated heterocycles. The van der Waals surface area contributed by atoms with Gasteiger partial charge in [-0.2, -0.15) is 0 Å². The van der Waals surface area contributed by atoms with E-state index in [-0.39, 0.29) is 0 Å². The van der Waals surface area contributed by atoms with Crippen molar-refractivity contribution in [3.63, 3.8) is 0 Å². The molecule has 2 atom stereocenters. The summed E-state index contributed by atoms with van der Waals surface area (Å²) in [4.78, 5) is 5.88. The lowest BCUT2D eigenvalue weighted by molar-refractivity contribution is 0.0572. The maximum Gasteiger partial charge on any atom is 0.129 e. The van der Waals surface area contributed by atoms with Crippen LogP contribution in [0.3, 0.4) is 0 Å². The lowest BCUT2D eigenvalue weighted by Gasteiger charge is -2.14. The number of nitrogens with zero attached hydrogens (tertiary/aromatic N) is 2. The highest BCUT2D eigenvalue weighted by Gasteiger charge is 2.29. The number of aliphatic hydroxyl groups is 2. The number of aromatic nitrogens is 1. The summed E-state index contributed by atoms with van der Waals surface area (Å²) in [7, 11) is 0. The predicted octanol–water partition coefficient (Wildman–Crippen LogP) is 0.272. The summed E-state index contributed by atoms with van der Waals surface area (Å²) in [6, 6.07) is 3.67. The molecule has 0 aliphatic carbocycles. The van der Waals surface area contributed by atoms with Crippen molar-refractivity contribution in [2.24, 2.45) is 0 Å². The van der Waals surface area contributed by atoms with Gasteiger partial charge >= 0.3 is 0 Å². The van der Waals surface area contributed by atoms with E-state index in [9.17, 15) is 10.2 Å². The molecule has 2 N–H and O–H groups in total. The molecule has 0 amide bonds. The molecule has 1 aliphatic heterocycles. The molecule has 0 bridgehead atoms. The molecule has 1 aromatic heterocycles. The molecule has 1 aromatic rings.